The number of amides is 1. The second-order valence-corrected chi connectivity index (χ2v) is 8.75. The first kappa shape index (κ1) is 19.6. The van der Waals surface area contributed by atoms with Gasteiger partial charge in [0.05, 0.1) is 11.2 Å². The molecule has 0 saturated heterocycles. The molecule has 2 aromatic carbocycles. The van der Waals surface area contributed by atoms with Gasteiger partial charge in [0.15, 0.2) is 0 Å². The quantitative estimate of drug-likeness (QED) is 0.553. The van der Waals surface area contributed by atoms with Crippen LogP contribution in [0.2, 0.25) is 0 Å². The maximum Gasteiger partial charge on any atom is 0.252 e. The summed E-state index contributed by atoms with van der Waals surface area (Å²) >= 11 is 0. The third-order valence-electron chi connectivity index (χ3n) is 7.44. The van der Waals surface area contributed by atoms with Crippen molar-refractivity contribution in [1.82, 2.24) is 9.88 Å². The summed E-state index contributed by atoms with van der Waals surface area (Å²) in [7, 11) is 1.82. The van der Waals surface area contributed by atoms with Crippen LogP contribution < -0.4 is 5.32 Å². The Kier molecular flexibility index (Phi) is 4.41. The highest BCUT2D eigenvalue weighted by atomic mass is 16.5. The van der Waals surface area contributed by atoms with E-state index in [0.29, 0.717) is 12.5 Å². The molecule has 0 saturated carbocycles. The summed E-state index contributed by atoms with van der Waals surface area (Å²) in [4.78, 5) is 13.0. The zero-order valence-electron chi connectivity index (χ0n) is 18.9. The molecular formula is C28H28N2O2. The maximum absolute atomic E-state index is 13.0. The predicted octanol–water partition coefficient (Wildman–Crippen LogP) is 5.60. The van der Waals surface area contributed by atoms with Crippen LogP contribution >= 0.6 is 0 Å². The SMILES string of the molecule is CC.COC1CCC2C3=C(C4=C(CNC4=O)Cc4c3n1c1ccccc41)c1ccccc12. The first-order valence-electron chi connectivity index (χ1n) is 11.8. The molecule has 0 bridgehead atoms. The fourth-order valence-corrected chi connectivity index (χ4v) is 6.30. The van der Waals surface area contributed by atoms with Crippen LogP contribution in [0, 0.1) is 0 Å². The maximum atomic E-state index is 13.0. The zero-order valence-corrected chi connectivity index (χ0v) is 18.9. The van der Waals surface area contributed by atoms with Gasteiger partial charge in [0, 0.05) is 36.1 Å². The molecular weight excluding hydrogens is 396 g/mol. The predicted molar refractivity (Wildman–Crippen MR) is 128 cm³/mol. The molecule has 2 aliphatic heterocycles. The minimum absolute atomic E-state index is 0.00642. The number of hydrogen-bond donors (Lipinski definition) is 1. The van der Waals surface area contributed by atoms with Crippen LogP contribution in [0.25, 0.3) is 22.0 Å². The number of carbonyl (C=O) groups excluding carboxylic acids is 1. The molecule has 3 heterocycles. The molecule has 2 atom stereocenters. The number of nitrogens with zero attached hydrogens (tertiary/aromatic N) is 1. The van der Waals surface area contributed by atoms with Gasteiger partial charge in [0.1, 0.15) is 6.23 Å². The van der Waals surface area contributed by atoms with Gasteiger partial charge in [-0.05, 0) is 53.2 Å². The van der Waals surface area contributed by atoms with E-state index >= 15 is 0 Å². The van der Waals surface area contributed by atoms with E-state index in [2.05, 4.69) is 58.4 Å². The topological polar surface area (TPSA) is 43.3 Å². The van der Waals surface area contributed by atoms with Crippen molar-refractivity contribution in [2.24, 2.45) is 0 Å². The van der Waals surface area contributed by atoms with Crippen molar-refractivity contribution in [3.05, 3.63) is 82.1 Å². The van der Waals surface area contributed by atoms with Crippen molar-refractivity contribution in [2.45, 2.75) is 45.3 Å². The van der Waals surface area contributed by atoms with Crippen molar-refractivity contribution in [3.8, 4) is 0 Å². The van der Waals surface area contributed by atoms with Crippen molar-refractivity contribution >= 4 is 28.0 Å². The number of carbonyl (C=O) groups is 1. The fourth-order valence-electron chi connectivity index (χ4n) is 6.30. The van der Waals surface area contributed by atoms with Gasteiger partial charge in [-0.25, -0.2) is 0 Å². The van der Waals surface area contributed by atoms with Gasteiger partial charge in [-0.15, -0.1) is 0 Å². The second-order valence-electron chi connectivity index (χ2n) is 8.75. The van der Waals surface area contributed by atoms with E-state index in [-0.39, 0.29) is 12.1 Å². The number of allylic oxidation sites excluding steroid dienone is 1. The van der Waals surface area contributed by atoms with Crippen LogP contribution in [0.5, 0.6) is 0 Å². The van der Waals surface area contributed by atoms with Crippen LogP contribution in [0.4, 0.5) is 0 Å². The summed E-state index contributed by atoms with van der Waals surface area (Å²) in [6.07, 6.45) is 2.80. The van der Waals surface area contributed by atoms with Crippen molar-refractivity contribution in [2.75, 3.05) is 13.7 Å². The molecule has 32 heavy (non-hydrogen) atoms. The fraction of sp³-hybridized carbons (Fsp3) is 0.321. The van der Waals surface area contributed by atoms with E-state index in [4.69, 9.17) is 4.74 Å². The molecule has 0 fully saturated rings. The number of fused-ring (bicyclic) bond motifs is 7. The van der Waals surface area contributed by atoms with Crippen LogP contribution in [0.1, 0.15) is 61.2 Å². The smallest absolute Gasteiger partial charge is 0.252 e. The monoisotopic (exact) mass is 424 g/mol. The molecule has 7 rings (SSSR count). The Balaban J connectivity index is 0.000000953. The lowest BCUT2D eigenvalue weighted by Gasteiger charge is -2.19. The Labute approximate surface area is 188 Å². The first-order chi connectivity index (χ1) is 15.8. The lowest BCUT2D eigenvalue weighted by Crippen LogP contribution is -2.19. The summed E-state index contributed by atoms with van der Waals surface area (Å²) < 4.78 is 8.46. The number of aromatic nitrogens is 1. The Bertz CT molecular complexity index is 1340. The number of para-hydroxylation sites is 1. The summed E-state index contributed by atoms with van der Waals surface area (Å²) in [5.41, 5.74) is 11.1. The van der Waals surface area contributed by atoms with E-state index in [1.54, 1.807) is 0 Å². The van der Waals surface area contributed by atoms with Crippen LogP contribution in [0.15, 0.2) is 59.7 Å². The third kappa shape index (κ3) is 2.39. The zero-order chi connectivity index (χ0) is 22.0. The molecule has 2 unspecified atom stereocenters. The van der Waals surface area contributed by atoms with E-state index < -0.39 is 0 Å². The molecule has 162 valence electrons. The van der Waals surface area contributed by atoms with Crippen molar-refractivity contribution in [3.63, 3.8) is 0 Å². The average Bonchev–Trinajstić information content (AvgIpc) is 3.38. The number of nitrogens with one attached hydrogen (secondary N) is 1. The molecule has 4 nitrogen and oxygen atoms in total. The standard InChI is InChI=1S/C26H22N2O2.C2H6/c1-30-21-11-10-18-15-6-2-3-8-17(15)23-22-14(13-27-26(22)29)12-19-16-7-4-5-9-20(16)28(21)25(19)24(18)23;1-2/h2-9,18,21H,10-13H2,1H3,(H,27,29);1-2H3. The Hall–Kier alpha value is -3.11. The molecule has 0 spiro atoms. The highest BCUT2D eigenvalue weighted by Crippen LogP contribution is 2.58. The number of benzene rings is 2. The average molecular weight is 425 g/mol. The number of methoxy groups -OCH3 is 1. The van der Waals surface area contributed by atoms with Crippen LogP contribution in [-0.4, -0.2) is 24.1 Å². The van der Waals surface area contributed by atoms with Crippen molar-refractivity contribution < 1.29 is 9.53 Å². The number of hydrogen-bond acceptors (Lipinski definition) is 2. The van der Waals surface area contributed by atoms with Gasteiger partial charge in [-0.3, -0.25) is 4.79 Å². The molecule has 1 aromatic heterocycles. The molecule has 3 aromatic rings. The van der Waals surface area contributed by atoms with Crippen LogP contribution in [-0.2, 0) is 16.0 Å². The van der Waals surface area contributed by atoms with Crippen molar-refractivity contribution in [1.29, 1.82) is 0 Å². The van der Waals surface area contributed by atoms with E-state index in [1.165, 1.54) is 50.0 Å². The van der Waals surface area contributed by atoms with Crippen LogP contribution in [0.3, 0.4) is 0 Å². The normalized spacial score (nSPS) is 22.5. The lowest BCUT2D eigenvalue weighted by molar-refractivity contribution is -0.116. The largest absolute Gasteiger partial charge is 0.361 e. The van der Waals surface area contributed by atoms with E-state index in [9.17, 15) is 4.79 Å². The molecule has 1 amide bonds. The minimum Gasteiger partial charge on any atom is -0.361 e. The minimum atomic E-state index is 0.00642. The third-order valence-corrected chi connectivity index (χ3v) is 7.44. The van der Waals surface area contributed by atoms with E-state index in [1.807, 2.05) is 21.0 Å². The van der Waals surface area contributed by atoms with Gasteiger partial charge in [0.2, 0.25) is 0 Å². The van der Waals surface area contributed by atoms with E-state index in [0.717, 1.165) is 24.8 Å². The van der Waals surface area contributed by atoms with Gasteiger partial charge in [0.25, 0.3) is 5.91 Å². The molecule has 1 N–H and O–H groups in total. The summed E-state index contributed by atoms with van der Waals surface area (Å²) in [5.74, 6) is 0.384. The van der Waals surface area contributed by atoms with Gasteiger partial charge in [-0.2, -0.15) is 0 Å². The number of ether oxygens (including phenoxy) is 1. The highest BCUT2D eigenvalue weighted by molar-refractivity contribution is 6.21. The molecule has 4 heteroatoms. The Morgan fingerprint density at radius 3 is 2.62 bits per heavy atom. The summed E-state index contributed by atoms with van der Waals surface area (Å²) in [6, 6.07) is 17.4. The Morgan fingerprint density at radius 2 is 1.78 bits per heavy atom. The number of rotatable bonds is 1. The van der Waals surface area contributed by atoms with Gasteiger partial charge >= 0.3 is 0 Å². The first-order valence-corrected chi connectivity index (χ1v) is 11.8. The Morgan fingerprint density at radius 1 is 1.00 bits per heavy atom. The van der Waals surface area contributed by atoms with Gasteiger partial charge in [-0.1, -0.05) is 56.3 Å². The molecule has 4 aliphatic rings. The van der Waals surface area contributed by atoms with Gasteiger partial charge < -0.3 is 14.6 Å². The summed E-state index contributed by atoms with van der Waals surface area (Å²) in [5, 5.41) is 4.39. The lowest BCUT2D eigenvalue weighted by atomic mass is 9.88. The molecule has 2 aliphatic carbocycles. The molecule has 0 radical (unpaired) electrons. The highest BCUT2D eigenvalue weighted by Gasteiger charge is 2.44. The second kappa shape index (κ2) is 7.21. The summed E-state index contributed by atoms with van der Waals surface area (Å²) in [6.45, 7) is 4.64.